The summed E-state index contributed by atoms with van der Waals surface area (Å²) in [5, 5.41) is 7.68. The van der Waals surface area contributed by atoms with E-state index < -0.39 is 0 Å². The number of nitrogens with zero attached hydrogens (tertiary/aromatic N) is 4. The molecule has 2 heterocycles. The second-order valence-electron chi connectivity index (χ2n) is 5.89. The highest BCUT2D eigenvalue weighted by Gasteiger charge is 2.24. The number of rotatable bonds is 7. The van der Waals surface area contributed by atoms with E-state index >= 15 is 0 Å². The Kier molecular flexibility index (Phi) is 6.20. The minimum atomic E-state index is -0.277. The number of amides is 1. The van der Waals surface area contributed by atoms with Crippen LogP contribution in [0.5, 0.6) is 0 Å². The zero-order valence-electron chi connectivity index (χ0n) is 15.4. The average molecular weight is 383 g/mol. The fourth-order valence-corrected chi connectivity index (χ4v) is 3.06. The Morgan fingerprint density at radius 2 is 2.15 bits per heavy atom. The molecule has 7 nitrogen and oxygen atoms in total. The van der Waals surface area contributed by atoms with Gasteiger partial charge in [0, 0.05) is 31.5 Å². The molecule has 0 saturated heterocycles. The zero-order chi connectivity index (χ0) is 19.2. The van der Waals surface area contributed by atoms with Crippen molar-refractivity contribution in [2.45, 2.75) is 11.2 Å². The minimum Gasteiger partial charge on any atom is -0.382 e. The van der Waals surface area contributed by atoms with Gasteiger partial charge >= 0.3 is 0 Å². The molecule has 1 atom stereocenters. The van der Waals surface area contributed by atoms with Crippen molar-refractivity contribution in [2.24, 2.45) is 0 Å². The first-order valence-corrected chi connectivity index (χ1v) is 9.60. The largest absolute Gasteiger partial charge is 0.382 e. The van der Waals surface area contributed by atoms with E-state index in [9.17, 15) is 4.79 Å². The van der Waals surface area contributed by atoms with Crippen molar-refractivity contribution >= 4 is 17.7 Å². The number of pyridine rings is 1. The number of likely N-dealkylation sites (N-methyl/N-ethyl adjacent to an activating group) is 1. The van der Waals surface area contributed by atoms with Crippen molar-refractivity contribution in [3.63, 3.8) is 0 Å². The third-order valence-corrected chi connectivity index (χ3v) is 4.72. The number of H-pyrrole nitrogens is 1. The van der Waals surface area contributed by atoms with Crippen LogP contribution in [-0.2, 0) is 4.74 Å². The minimum absolute atomic E-state index is 0.117. The summed E-state index contributed by atoms with van der Waals surface area (Å²) < 4.78 is 5.31. The van der Waals surface area contributed by atoms with E-state index in [0.717, 1.165) is 11.3 Å². The van der Waals surface area contributed by atoms with Crippen LogP contribution in [0.1, 0.15) is 22.1 Å². The van der Waals surface area contributed by atoms with Gasteiger partial charge in [-0.25, -0.2) is 4.98 Å². The van der Waals surface area contributed by atoms with Gasteiger partial charge in [0.05, 0.1) is 18.3 Å². The maximum Gasteiger partial charge on any atom is 0.254 e. The van der Waals surface area contributed by atoms with Gasteiger partial charge in [-0.15, -0.1) is 5.10 Å². The maximum absolute atomic E-state index is 13.1. The Hall–Kier alpha value is -2.71. The van der Waals surface area contributed by atoms with Crippen molar-refractivity contribution in [1.82, 2.24) is 25.1 Å². The molecule has 0 spiro atoms. The third-order valence-electron chi connectivity index (χ3n) is 4.17. The summed E-state index contributed by atoms with van der Waals surface area (Å²) in [6.45, 7) is 0.359. The lowest BCUT2D eigenvalue weighted by atomic mass is 10.1. The molecule has 2 aromatic heterocycles. The van der Waals surface area contributed by atoms with Crippen LogP contribution in [0.4, 0.5) is 0 Å². The van der Waals surface area contributed by atoms with Gasteiger partial charge in [-0.3, -0.25) is 14.9 Å². The number of aromatic nitrogens is 4. The molecule has 0 aliphatic rings. The normalized spacial score (nSPS) is 12.0. The summed E-state index contributed by atoms with van der Waals surface area (Å²) in [6, 6.07) is 12.7. The second-order valence-corrected chi connectivity index (χ2v) is 6.67. The first kappa shape index (κ1) is 19.1. The standard InChI is InChI=1S/C19H21N5O2S/c1-24(16(12-26-2)15-9-4-5-10-20-15)18(25)14-8-6-7-13(11-14)17-21-19(27-3)23-22-17/h4-11,16H,12H2,1-3H3,(H,21,22,23). The molecule has 0 radical (unpaired) electrons. The van der Waals surface area contributed by atoms with Crippen molar-refractivity contribution in [3.8, 4) is 11.4 Å². The highest BCUT2D eigenvalue weighted by molar-refractivity contribution is 7.98. The molecule has 0 bridgehead atoms. The Morgan fingerprint density at radius 3 is 2.81 bits per heavy atom. The lowest BCUT2D eigenvalue weighted by molar-refractivity contribution is 0.0595. The van der Waals surface area contributed by atoms with Gasteiger partial charge in [-0.1, -0.05) is 30.0 Å². The molecule has 0 aliphatic heterocycles. The number of thioether (sulfide) groups is 1. The van der Waals surface area contributed by atoms with Crippen molar-refractivity contribution < 1.29 is 9.53 Å². The summed E-state index contributed by atoms with van der Waals surface area (Å²) >= 11 is 1.46. The third kappa shape index (κ3) is 4.35. The number of carbonyl (C=O) groups excluding carboxylic acids is 1. The molecule has 8 heteroatoms. The number of methoxy groups -OCH3 is 1. The van der Waals surface area contributed by atoms with Gasteiger partial charge in [0.25, 0.3) is 5.91 Å². The number of benzene rings is 1. The number of hydrogen-bond acceptors (Lipinski definition) is 6. The van der Waals surface area contributed by atoms with Gasteiger partial charge in [0.1, 0.15) is 0 Å². The van der Waals surface area contributed by atoms with E-state index in [1.165, 1.54) is 11.8 Å². The smallest absolute Gasteiger partial charge is 0.254 e. The number of hydrogen-bond donors (Lipinski definition) is 1. The van der Waals surface area contributed by atoms with E-state index in [-0.39, 0.29) is 11.9 Å². The van der Waals surface area contributed by atoms with Crippen LogP contribution in [0, 0.1) is 0 Å². The molecular weight excluding hydrogens is 362 g/mol. The lowest BCUT2D eigenvalue weighted by Gasteiger charge is -2.27. The van der Waals surface area contributed by atoms with Gasteiger partial charge in [0.2, 0.25) is 5.16 Å². The first-order chi connectivity index (χ1) is 13.1. The van der Waals surface area contributed by atoms with Gasteiger partial charge in [-0.05, 0) is 30.5 Å². The van der Waals surface area contributed by atoms with Gasteiger partial charge < -0.3 is 9.64 Å². The summed E-state index contributed by atoms with van der Waals surface area (Å²) in [5.41, 5.74) is 2.16. The number of aromatic amines is 1. The summed E-state index contributed by atoms with van der Waals surface area (Å²) in [4.78, 5) is 23.5. The summed E-state index contributed by atoms with van der Waals surface area (Å²) in [6.07, 6.45) is 3.62. The van der Waals surface area contributed by atoms with Crippen molar-refractivity contribution in [3.05, 3.63) is 59.9 Å². The highest BCUT2D eigenvalue weighted by atomic mass is 32.2. The van der Waals surface area contributed by atoms with Crippen LogP contribution in [-0.4, -0.2) is 58.0 Å². The number of carbonyl (C=O) groups is 1. The van der Waals surface area contributed by atoms with Crippen LogP contribution in [0.15, 0.2) is 53.8 Å². The topological polar surface area (TPSA) is 84.0 Å². The molecule has 0 aliphatic carbocycles. The van der Waals surface area contributed by atoms with Crippen molar-refractivity contribution in [1.29, 1.82) is 0 Å². The Bertz CT molecular complexity index is 900. The number of nitrogens with one attached hydrogen (secondary N) is 1. The van der Waals surface area contributed by atoms with E-state index in [2.05, 4.69) is 20.2 Å². The SMILES string of the molecule is COCC(c1ccccn1)N(C)C(=O)c1cccc(-c2nc(SC)n[nH]2)c1. The fourth-order valence-electron chi connectivity index (χ4n) is 2.74. The predicted octanol–water partition coefficient (Wildman–Crippen LogP) is 3.05. The lowest BCUT2D eigenvalue weighted by Crippen LogP contribution is -2.34. The predicted molar refractivity (Wildman–Crippen MR) is 105 cm³/mol. The fraction of sp³-hybridized carbons (Fsp3) is 0.263. The molecule has 140 valence electrons. The van der Waals surface area contributed by atoms with Crippen LogP contribution >= 0.6 is 11.8 Å². The van der Waals surface area contributed by atoms with Crippen LogP contribution in [0.3, 0.4) is 0 Å². The molecule has 1 aromatic carbocycles. The Balaban J connectivity index is 1.86. The molecule has 3 rings (SSSR count). The van der Waals surface area contributed by atoms with E-state index in [4.69, 9.17) is 4.74 Å². The van der Waals surface area contributed by atoms with Gasteiger partial charge in [0.15, 0.2) is 5.82 Å². The van der Waals surface area contributed by atoms with E-state index in [1.54, 1.807) is 31.3 Å². The Labute approximate surface area is 162 Å². The molecule has 0 fully saturated rings. The molecule has 27 heavy (non-hydrogen) atoms. The Morgan fingerprint density at radius 1 is 1.30 bits per heavy atom. The van der Waals surface area contributed by atoms with Crippen LogP contribution in [0.2, 0.25) is 0 Å². The van der Waals surface area contributed by atoms with E-state index in [0.29, 0.717) is 23.2 Å². The molecular formula is C19H21N5O2S. The molecule has 1 amide bonds. The molecule has 1 unspecified atom stereocenters. The summed E-state index contributed by atoms with van der Waals surface area (Å²) in [7, 11) is 3.37. The molecule has 3 aromatic rings. The molecule has 0 saturated carbocycles. The van der Waals surface area contributed by atoms with Gasteiger partial charge in [-0.2, -0.15) is 0 Å². The van der Waals surface area contributed by atoms with E-state index in [1.807, 2.05) is 42.7 Å². The van der Waals surface area contributed by atoms with Crippen LogP contribution in [0.25, 0.3) is 11.4 Å². The average Bonchev–Trinajstić information content (AvgIpc) is 3.21. The summed E-state index contributed by atoms with van der Waals surface area (Å²) in [5.74, 6) is 0.518. The maximum atomic E-state index is 13.1. The highest BCUT2D eigenvalue weighted by Crippen LogP contribution is 2.23. The van der Waals surface area contributed by atoms with Crippen LogP contribution < -0.4 is 0 Å². The van der Waals surface area contributed by atoms with Crippen molar-refractivity contribution in [2.75, 3.05) is 27.0 Å². The zero-order valence-corrected chi connectivity index (χ0v) is 16.2. The second kappa shape index (κ2) is 8.79. The number of ether oxygens (including phenoxy) is 1. The monoisotopic (exact) mass is 383 g/mol. The first-order valence-electron chi connectivity index (χ1n) is 8.38. The molecule has 1 N–H and O–H groups in total. The quantitative estimate of drug-likeness (QED) is 0.631.